The summed E-state index contributed by atoms with van der Waals surface area (Å²) in [4.78, 5) is 4.62. The molecule has 2 aromatic heterocycles. The standard InChI is InChI=1S/C17H20N6O2S/c1-12-11-18-21(3)17(12)26(24,25)23-10-9-22-16(13(23)2)19-15(20-22)14-7-5-4-6-8-14/h4-8,11,13H,9-10H2,1-3H3/t13-/m0/s1. The summed E-state index contributed by atoms with van der Waals surface area (Å²) in [6, 6.07) is 9.28. The highest BCUT2D eigenvalue weighted by molar-refractivity contribution is 7.89. The summed E-state index contributed by atoms with van der Waals surface area (Å²) in [6.45, 7) is 4.41. The largest absolute Gasteiger partial charge is 0.261 e. The van der Waals surface area contributed by atoms with Gasteiger partial charge < -0.3 is 0 Å². The molecule has 3 heterocycles. The van der Waals surface area contributed by atoms with Crippen molar-refractivity contribution in [2.24, 2.45) is 7.05 Å². The molecule has 3 aromatic rings. The molecule has 4 rings (SSSR count). The van der Waals surface area contributed by atoms with E-state index in [1.165, 1.54) is 8.99 Å². The van der Waals surface area contributed by atoms with Crippen molar-refractivity contribution in [3.05, 3.63) is 47.9 Å². The van der Waals surface area contributed by atoms with E-state index in [1.807, 2.05) is 37.3 Å². The minimum absolute atomic E-state index is 0.223. The Balaban J connectivity index is 1.73. The molecule has 0 unspecified atom stereocenters. The number of aromatic nitrogens is 5. The number of hydrogen-bond donors (Lipinski definition) is 0. The Morgan fingerprint density at radius 3 is 2.54 bits per heavy atom. The number of sulfonamides is 1. The van der Waals surface area contributed by atoms with Crippen LogP contribution in [0.5, 0.6) is 0 Å². The van der Waals surface area contributed by atoms with Crippen LogP contribution in [-0.2, 0) is 23.6 Å². The van der Waals surface area contributed by atoms with Crippen LogP contribution in [0.4, 0.5) is 0 Å². The van der Waals surface area contributed by atoms with Crippen LogP contribution in [0, 0.1) is 6.92 Å². The lowest BCUT2D eigenvalue weighted by atomic mass is 10.2. The molecule has 1 aliphatic rings. The van der Waals surface area contributed by atoms with Gasteiger partial charge in [0.2, 0.25) is 0 Å². The number of fused-ring (bicyclic) bond motifs is 1. The fourth-order valence-corrected chi connectivity index (χ4v) is 5.29. The lowest BCUT2D eigenvalue weighted by Gasteiger charge is -2.31. The average molecular weight is 372 g/mol. The van der Waals surface area contributed by atoms with Crippen molar-refractivity contribution in [1.82, 2.24) is 28.9 Å². The highest BCUT2D eigenvalue weighted by atomic mass is 32.2. The van der Waals surface area contributed by atoms with E-state index in [0.717, 1.165) is 5.56 Å². The van der Waals surface area contributed by atoms with Crippen molar-refractivity contribution in [3.63, 3.8) is 0 Å². The van der Waals surface area contributed by atoms with E-state index in [-0.39, 0.29) is 5.03 Å². The molecule has 1 aliphatic heterocycles. The first kappa shape index (κ1) is 16.9. The number of rotatable bonds is 3. The molecule has 8 nitrogen and oxygen atoms in total. The second-order valence-electron chi connectivity index (χ2n) is 6.43. The number of aryl methyl sites for hydroxylation is 2. The van der Waals surface area contributed by atoms with Gasteiger partial charge in [-0.15, -0.1) is 0 Å². The Kier molecular flexibility index (Phi) is 3.92. The molecule has 0 N–H and O–H groups in total. The lowest BCUT2D eigenvalue weighted by molar-refractivity contribution is 0.263. The van der Waals surface area contributed by atoms with Crippen molar-refractivity contribution >= 4 is 10.0 Å². The van der Waals surface area contributed by atoms with Crippen molar-refractivity contribution in [3.8, 4) is 11.4 Å². The maximum atomic E-state index is 13.2. The topological polar surface area (TPSA) is 85.9 Å². The summed E-state index contributed by atoms with van der Waals surface area (Å²) in [7, 11) is -2.03. The van der Waals surface area contributed by atoms with Crippen LogP contribution >= 0.6 is 0 Å². The van der Waals surface area contributed by atoms with Gasteiger partial charge >= 0.3 is 0 Å². The fraction of sp³-hybridized carbons (Fsp3) is 0.353. The van der Waals surface area contributed by atoms with E-state index in [1.54, 1.807) is 24.9 Å². The van der Waals surface area contributed by atoms with E-state index in [4.69, 9.17) is 0 Å². The van der Waals surface area contributed by atoms with Gasteiger partial charge in [-0.05, 0) is 13.8 Å². The highest BCUT2D eigenvalue weighted by Gasteiger charge is 2.38. The zero-order valence-electron chi connectivity index (χ0n) is 14.9. The summed E-state index contributed by atoms with van der Waals surface area (Å²) in [5, 5.41) is 8.84. The molecule has 26 heavy (non-hydrogen) atoms. The van der Waals surface area contributed by atoms with Gasteiger partial charge in [-0.25, -0.2) is 18.1 Å². The molecule has 0 radical (unpaired) electrons. The van der Waals surface area contributed by atoms with Gasteiger partial charge in [0.25, 0.3) is 10.0 Å². The second-order valence-corrected chi connectivity index (χ2v) is 8.24. The minimum atomic E-state index is -3.67. The maximum Gasteiger partial charge on any atom is 0.261 e. The van der Waals surface area contributed by atoms with E-state index in [9.17, 15) is 8.42 Å². The van der Waals surface area contributed by atoms with Gasteiger partial charge in [-0.1, -0.05) is 30.3 Å². The predicted molar refractivity (Wildman–Crippen MR) is 95.7 cm³/mol. The third-order valence-electron chi connectivity index (χ3n) is 4.68. The number of nitrogens with zero attached hydrogens (tertiary/aromatic N) is 6. The van der Waals surface area contributed by atoms with Crippen LogP contribution in [-0.4, -0.2) is 43.8 Å². The van der Waals surface area contributed by atoms with Gasteiger partial charge in [-0.2, -0.15) is 14.5 Å². The molecule has 0 spiro atoms. The van der Waals surface area contributed by atoms with Crippen LogP contribution in [0.1, 0.15) is 24.4 Å². The SMILES string of the molecule is Cc1cnn(C)c1S(=O)(=O)N1CCn2nc(-c3ccccc3)nc2[C@@H]1C. The molecule has 0 amide bonds. The van der Waals surface area contributed by atoms with E-state index >= 15 is 0 Å². The monoisotopic (exact) mass is 372 g/mol. The van der Waals surface area contributed by atoms with Crippen molar-refractivity contribution in [2.75, 3.05) is 6.54 Å². The quantitative estimate of drug-likeness (QED) is 0.699. The van der Waals surface area contributed by atoms with E-state index < -0.39 is 16.1 Å². The van der Waals surface area contributed by atoms with Gasteiger partial charge in [0.15, 0.2) is 10.9 Å². The zero-order valence-corrected chi connectivity index (χ0v) is 15.7. The van der Waals surface area contributed by atoms with E-state index in [0.29, 0.717) is 30.3 Å². The van der Waals surface area contributed by atoms with Crippen LogP contribution in [0.15, 0.2) is 41.6 Å². The molecule has 9 heteroatoms. The molecular weight excluding hydrogens is 352 g/mol. The predicted octanol–water partition coefficient (Wildman–Crippen LogP) is 1.75. The second kappa shape index (κ2) is 6.03. The van der Waals surface area contributed by atoms with Crippen LogP contribution in [0.25, 0.3) is 11.4 Å². The number of benzene rings is 1. The summed E-state index contributed by atoms with van der Waals surface area (Å²) >= 11 is 0. The first-order valence-corrected chi connectivity index (χ1v) is 9.84. The summed E-state index contributed by atoms with van der Waals surface area (Å²) in [6.07, 6.45) is 1.57. The molecule has 0 bridgehead atoms. The van der Waals surface area contributed by atoms with Crippen LogP contribution in [0.2, 0.25) is 0 Å². The van der Waals surface area contributed by atoms with Crippen LogP contribution in [0.3, 0.4) is 0 Å². The van der Waals surface area contributed by atoms with Gasteiger partial charge in [0, 0.05) is 24.7 Å². The van der Waals surface area contributed by atoms with Gasteiger partial charge in [0.05, 0.1) is 18.8 Å². The Morgan fingerprint density at radius 1 is 1.15 bits per heavy atom. The Bertz CT molecular complexity index is 1030. The minimum Gasteiger partial charge on any atom is -0.256 e. The Labute approximate surface area is 152 Å². The molecule has 0 saturated heterocycles. The van der Waals surface area contributed by atoms with Crippen molar-refractivity contribution in [1.29, 1.82) is 0 Å². The molecule has 0 saturated carbocycles. The highest BCUT2D eigenvalue weighted by Crippen LogP contribution is 2.31. The molecule has 1 aromatic carbocycles. The van der Waals surface area contributed by atoms with Crippen LogP contribution < -0.4 is 0 Å². The first-order chi connectivity index (χ1) is 12.4. The normalized spacial score (nSPS) is 18.0. The molecule has 136 valence electrons. The van der Waals surface area contributed by atoms with Crippen molar-refractivity contribution in [2.45, 2.75) is 31.5 Å². The summed E-state index contributed by atoms with van der Waals surface area (Å²) in [5.74, 6) is 1.27. The Morgan fingerprint density at radius 2 is 1.88 bits per heavy atom. The zero-order chi connectivity index (χ0) is 18.5. The van der Waals surface area contributed by atoms with E-state index in [2.05, 4.69) is 15.2 Å². The molecule has 0 aliphatic carbocycles. The van der Waals surface area contributed by atoms with Gasteiger partial charge in [0.1, 0.15) is 5.82 Å². The number of hydrogen-bond acceptors (Lipinski definition) is 5. The third kappa shape index (κ3) is 2.55. The fourth-order valence-electron chi connectivity index (χ4n) is 3.40. The summed E-state index contributed by atoms with van der Waals surface area (Å²) in [5.41, 5.74) is 1.55. The third-order valence-corrected chi connectivity index (χ3v) is 6.87. The van der Waals surface area contributed by atoms with Crippen molar-refractivity contribution < 1.29 is 8.42 Å². The molecular formula is C17H20N6O2S. The molecule has 1 atom stereocenters. The smallest absolute Gasteiger partial charge is 0.256 e. The molecule has 0 fully saturated rings. The first-order valence-electron chi connectivity index (χ1n) is 8.40. The lowest BCUT2D eigenvalue weighted by Crippen LogP contribution is -2.42. The maximum absolute atomic E-state index is 13.2. The average Bonchev–Trinajstić information content (AvgIpc) is 3.20. The van der Waals surface area contributed by atoms with Gasteiger partial charge in [-0.3, -0.25) is 4.68 Å². The Hall–Kier alpha value is -2.52. The summed E-state index contributed by atoms with van der Waals surface area (Å²) < 4.78 is 31.1.